The van der Waals surface area contributed by atoms with Gasteiger partial charge < -0.3 is 15.4 Å². The van der Waals surface area contributed by atoms with Crippen molar-refractivity contribution in [3.63, 3.8) is 0 Å². The van der Waals surface area contributed by atoms with Gasteiger partial charge >= 0.3 is 0 Å². The van der Waals surface area contributed by atoms with Crippen LogP contribution in [0.25, 0.3) is 11.0 Å². The van der Waals surface area contributed by atoms with Crippen molar-refractivity contribution in [1.82, 2.24) is 9.97 Å². The molecule has 34 heavy (non-hydrogen) atoms. The summed E-state index contributed by atoms with van der Waals surface area (Å²) in [5.74, 6) is 0.448. The summed E-state index contributed by atoms with van der Waals surface area (Å²) in [6, 6.07) is 19.6. The van der Waals surface area contributed by atoms with Crippen LogP contribution in [0.2, 0.25) is 0 Å². The fourth-order valence-corrected chi connectivity index (χ4v) is 4.36. The van der Waals surface area contributed by atoms with E-state index in [4.69, 9.17) is 4.74 Å². The Kier molecular flexibility index (Phi) is 6.95. The van der Waals surface area contributed by atoms with Crippen molar-refractivity contribution in [2.75, 3.05) is 28.7 Å². The van der Waals surface area contributed by atoms with Crippen molar-refractivity contribution < 1.29 is 13.2 Å². The molecule has 0 saturated heterocycles. The van der Waals surface area contributed by atoms with E-state index in [2.05, 4.69) is 25.3 Å². The summed E-state index contributed by atoms with van der Waals surface area (Å²) in [5, 5.41) is 6.33. The average Bonchev–Trinajstić information content (AvgIpc) is 2.82. The van der Waals surface area contributed by atoms with Gasteiger partial charge in [-0.25, -0.2) is 18.4 Å². The maximum atomic E-state index is 13.2. The van der Waals surface area contributed by atoms with E-state index in [9.17, 15) is 8.42 Å². The van der Waals surface area contributed by atoms with Crippen molar-refractivity contribution in [2.24, 2.45) is 0 Å². The molecule has 0 amide bonds. The number of rotatable bonds is 9. The zero-order chi connectivity index (χ0) is 24.1. The number of anilines is 4. The molecule has 0 fully saturated rings. The number of sulfonamides is 1. The predicted molar refractivity (Wildman–Crippen MR) is 136 cm³/mol. The topological polar surface area (TPSA) is 105 Å². The number of benzene rings is 3. The Labute approximate surface area is 199 Å². The van der Waals surface area contributed by atoms with Crippen molar-refractivity contribution in [1.29, 1.82) is 0 Å². The standard InChI is InChI=1S/C25H27N5O3S/c1-4-33-16-26-19-12-14-20(15-13-19)34(31,32)30-25-24(27-21-11-7-8-17(2)18(21)3)28-22-9-5-6-10-23(22)29-25/h5-15,26H,4,16H2,1-3H3,(H,27,28)(H,29,30). The number of para-hydroxylation sites is 2. The van der Waals surface area contributed by atoms with Gasteiger partial charge in [-0.05, 0) is 74.4 Å². The van der Waals surface area contributed by atoms with E-state index in [-0.39, 0.29) is 10.7 Å². The molecule has 9 heteroatoms. The summed E-state index contributed by atoms with van der Waals surface area (Å²) < 4.78 is 34.2. The molecule has 4 rings (SSSR count). The fourth-order valence-electron chi connectivity index (χ4n) is 3.35. The average molecular weight is 478 g/mol. The number of nitrogens with zero attached hydrogens (tertiary/aromatic N) is 2. The van der Waals surface area contributed by atoms with Crippen molar-refractivity contribution in [3.05, 3.63) is 77.9 Å². The number of nitrogens with one attached hydrogen (secondary N) is 3. The first-order chi connectivity index (χ1) is 16.4. The summed E-state index contributed by atoms with van der Waals surface area (Å²) in [6.45, 7) is 6.86. The van der Waals surface area contributed by atoms with E-state index in [1.54, 1.807) is 18.2 Å². The van der Waals surface area contributed by atoms with E-state index in [0.29, 0.717) is 30.2 Å². The van der Waals surface area contributed by atoms with Crippen molar-refractivity contribution in [2.45, 2.75) is 25.7 Å². The van der Waals surface area contributed by atoms with Gasteiger partial charge in [-0.3, -0.25) is 4.72 Å². The maximum absolute atomic E-state index is 13.2. The van der Waals surface area contributed by atoms with Gasteiger partial charge in [0.2, 0.25) is 0 Å². The zero-order valence-corrected chi connectivity index (χ0v) is 20.1. The minimum atomic E-state index is -3.91. The third kappa shape index (κ3) is 5.27. The van der Waals surface area contributed by atoms with Gasteiger partial charge in [0.25, 0.3) is 10.0 Å². The second-order valence-corrected chi connectivity index (χ2v) is 9.41. The molecule has 0 aliphatic carbocycles. The Hall–Kier alpha value is -3.69. The summed E-state index contributed by atoms with van der Waals surface area (Å²) >= 11 is 0. The van der Waals surface area contributed by atoms with Gasteiger partial charge in [0.15, 0.2) is 11.6 Å². The number of ether oxygens (including phenoxy) is 1. The quantitative estimate of drug-likeness (QED) is 0.225. The van der Waals surface area contributed by atoms with Crippen LogP contribution in [0.5, 0.6) is 0 Å². The lowest BCUT2D eigenvalue weighted by molar-refractivity contribution is 0.167. The number of aromatic nitrogens is 2. The van der Waals surface area contributed by atoms with Crippen LogP contribution in [0.1, 0.15) is 18.1 Å². The fraction of sp³-hybridized carbons (Fsp3) is 0.200. The number of hydrogen-bond acceptors (Lipinski definition) is 7. The first-order valence-electron chi connectivity index (χ1n) is 10.9. The van der Waals surface area contributed by atoms with Crippen LogP contribution in [-0.2, 0) is 14.8 Å². The smallest absolute Gasteiger partial charge is 0.263 e. The van der Waals surface area contributed by atoms with Gasteiger partial charge in [0, 0.05) is 18.0 Å². The lowest BCUT2D eigenvalue weighted by Crippen LogP contribution is -2.16. The molecule has 0 unspecified atom stereocenters. The maximum Gasteiger partial charge on any atom is 0.263 e. The van der Waals surface area contributed by atoms with Crippen LogP contribution >= 0.6 is 0 Å². The van der Waals surface area contributed by atoms with Gasteiger partial charge in [-0.15, -0.1) is 0 Å². The van der Waals surface area contributed by atoms with Crippen molar-refractivity contribution in [3.8, 4) is 0 Å². The molecular weight excluding hydrogens is 450 g/mol. The highest BCUT2D eigenvalue weighted by Gasteiger charge is 2.19. The van der Waals surface area contributed by atoms with Crippen LogP contribution in [0.4, 0.5) is 23.0 Å². The third-order valence-electron chi connectivity index (χ3n) is 5.41. The SMILES string of the molecule is CCOCNc1ccc(S(=O)(=O)Nc2nc3ccccc3nc2Nc2cccc(C)c2C)cc1. The van der Waals surface area contributed by atoms with E-state index in [0.717, 1.165) is 22.5 Å². The molecule has 0 saturated carbocycles. The van der Waals surface area contributed by atoms with Gasteiger partial charge in [0.1, 0.15) is 6.73 Å². The first kappa shape index (κ1) is 23.5. The Morgan fingerprint density at radius 1 is 0.853 bits per heavy atom. The van der Waals surface area contributed by atoms with Crippen molar-refractivity contribution >= 4 is 44.1 Å². The highest BCUT2D eigenvalue weighted by molar-refractivity contribution is 7.92. The van der Waals surface area contributed by atoms with Crippen LogP contribution < -0.4 is 15.4 Å². The van der Waals surface area contributed by atoms with Crippen LogP contribution in [0.3, 0.4) is 0 Å². The molecule has 1 aromatic heterocycles. The van der Waals surface area contributed by atoms with E-state index >= 15 is 0 Å². The molecular formula is C25H27N5O3S. The second kappa shape index (κ2) is 10.1. The largest absolute Gasteiger partial charge is 0.363 e. The Bertz CT molecular complexity index is 1410. The summed E-state index contributed by atoms with van der Waals surface area (Å²) in [6.07, 6.45) is 0. The summed E-state index contributed by atoms with van der Waals surface area (Å²) in [7, 11) is -3.91. The highest BCUT2D eigenvalue weighted by atomic mass is 32.2. The normalized spacial score (nSPS) is 11.4. The molecule has 0 atom stereocenters. The number of fused-ring (bicyclic) bond motifs is 1. The molecule has 3 N–H and O–H groups in total. The van der Waals surface area contributed by atoms with Gasteiger partial charge in [-0.1, -0.05) is 24.3 Å². The molecule has 176 valence electrons. The third-order valence-corrected chi connectivity index (χ3v) is 6.76. The molecule has 3 aromatic carbocycles. The summed E-state index contributed by atoms with van der Waals surface area (Å²) in [4.78, 5) is 9.32. The second-order valence-electron chi connectivity index (χ2n) is 7.73. The Morgan fingerprint density at radius 2 is 1.53 bits per heavy atom. The molecule has 0 bridgehead atoms. The van der Waals surface area contributed by atoms with Crippen LogP contribution in [-0.4, -0.2) is 31.7 Å². The van der Waals surface area contributed by atoms with Crippen LogP contribution in [0, 0.1) is 13.8 Å². The van der Waals surface area contributed by atoms with E-state index < -0.39 is 10.0 Å². The monoisotopic (exact) mass is 477 g/mol. The Morgan fingerprint density at radius 3 is 2.21 bits per heavy atom. The lowest BCUT2D eigenvalue weighted by atomic mass is 10.1. The Balaban J connectivity index is 1.67. The molecule has 0 aliphatic rings. The minimum Gasteiger partial charge on any atom is -0.363 e. The predicted octanol–water partition coefficient (Wildman–Crippen LogP) is 5.20. The number of hydrogen-bond donors (Lipinski definition) is 3. The van der Waals surface area contributed by atoms with Gasteiger partial charge in [-0.2, -0.15) is 0 Å². The first-order valence-corrected chi connectivity index (χ1v) is 12.4. The molecule has 0 radical (unpaired) electrons. The van der Waals surface area contributed by atoms with Gasteiger partial charge in [0.05, 0.1) is 15.9 Å². The van der Waals surface area contributed by atoms with Crippen LogP contribution in [0.15, 0.2) is 71.6 Å². The highest BCUT2D eigenvalue weighted by Crippen LogP contribution is 2.29. The molecule has 1 heterocycles. The van der Waals surface area contributed by atoms with E-state index in [1.165, 1.54) is 12.1 Å². The molecule has 0 spiro atoms. The molecule has 0 aliphatic heterocycles. The number of aryl methyl sites for hydroxylation is 1. The molecule has 8 nitrogen and oxygen atoms in total. The summed E-state index contributed by atoms with van der Waals surface area (Å²) in [5.41, 5.74) is 4.98. The lowest BCUT2D eigenvalue weighted by Gasteiger charge is -2.16. The van der Waals surface area contributed by atoms with E-state index in [1.807, 2.05) is 57.2 Å². The zero-order valence-electron chi connectivity index (χ0n) is 19.3. The minimum absolute atomic E-state index is 0.113. The molecule has 4 aromatic rings.